The van der Waals surface area contributed by atoms with E-state index in [1.54, 1.807) is 25.6 Å². The molecule has 0 saturated carbocycles. The highest BCUT2D eigenvalue weighted by molar-refractivity contribution is 8.00. The number of rotatable bonds is 6. The molecule has 0 radical (unpaired) electrons. The Kier molecular flexibility index (Phi) is 6.08. The van der Waals surface area contributed by atoms with Crippen molar-refractivity contribution in [1.82, 2.24) is 0 Å². The first-order valence-electron chi connectivity index (χ1n) is 6.96. The van der Waals surface area contributed by atoms with Crippen molar-refractivity contribution < 1.29 is 9.53 Å². The number of thioether (sulfide) groups is 1. The lowest BCUT2D eigenvalue weighted by Gasteiger charge is -2.25. The van der Waals surface area contributed by atoms with Crippen LogP contribution in [0.3, 0.4) is 0 Å². The van der Waals surface area contributed by atoms with E-state index in [1.807, 2.05) is 0 Å². The van der Waals surface area contributed by atoms with E-state index in [2.05, 4.69) is 39.0 Å². The Hall–Kier alpha value is -1.00. The number of carbonyl (C=O) groups excluding carboxylic acids is 1. The molecule has 0 amide bonds. The SMILES string of the molecule is CCOC(=O)C(C)(N)CC(C)Sc1ccc(C)cc1C. The molecule has 2 N–H and O–H groups in total. The predicted molar refractivity (Wildman–Crippen MR) is 85.1 cm³/mol. The summed E-state index contributed by atoms with van der Waals surface area (Å²) < 4.78 is 5.02. The Morgan fingerprint density at radius 3 is 2.65 bits per heavy atom. The number of nitrogens with two attached hydrogens (primary N) is 1. The van der Waals surface area contributed by atoms with Gasteiger partial charge in [-0.3, -0.25) is 4.79 Å². The molecular weight excluding hydrogens is 270 g/mol. The van der Waals surface area contributed by atoms with E-state index in [9.17, 15) is 4.79 Å². The van der Waals surface area contributed by atoms with E-state index in [-0.39, 0.29) is 11.2 Å². The number of hydrogen-bond donors (Lipinski definition) is 1. The van der Waals surface area contributed by atoms with Gasteiger partial charge in [-0.1, -0.05) is 24.6 Å². The van der Waals surface area contributed by atoms with E-state index >= 15 is 0 Å². The van der Waals surface area contributed by atoms with Crippen LogP contribution < -0.4 is 5.73 Å². The molecule has 4 heteroatoms. The van der Waals surface area contributed by atoms with Crippen molar-refractivity contribution in [2.75, 3.05) is 6.61 Å². The molecule has 0 heterocycles. The molecule has 0 fully saturated rings. The number of hydrogen-bond acceptors (Lipinski definition) is 4. The van der Waals surface area contributed by atoms with E-state index in [4.69, 9.17) is 10.5 Å². The minimum Gasteiger partial charge on any atom is -0.465 e. The summed E-state index contributed by atoms with van der Waals surface area (Å²) in [5.74, 6) is -0.326. The van der Waals surface area contributed by atoms with Crippen LogP contribution in [0.4, 0.5) is 0 Å². The average molecular weight is 295 g/mol. The van der Waals surface area contributed by atoms with Crippen molar-refractivity contribution >= 4 is 17.7 Å². The first kappa shape index (κ1) is 17.1. The molecule has 0 aliphatic heterocycles. The standard InChI is InChI=1S/C16H25NO2S/c1-6-19-15(18)16(5,17)10-13(4)20-14-8-7-11(2)9-12(14)3/h7-9,13H,6,10,17H2,1-5H3. The monoisotopic (exact) mass is 295 g/mol. The second kappa shape index (κ2) is 7.14. The predicted octanol–water partition coefficient (Wildman–Crippen LogP) is 3.45. The van der Waals surface area contributed by atoms with Crippen molar-refractivity contribution in [3.05, 3.63) is 29.3 Å². The van der Waals surface area contributed by atoms with E-state index in [0.717, 1.165) is 0 Å². The van der Waals surface area contributed by atoms with Crippen molar-refractivity contribution in [2.45, 2.75) is 56.7 Å². The second-order valence-corrected chi connectivity index (χ2v) is 7.02. The first-order valence-corrected chi connectivity index (χ1v) is 7.84. The van der Waals surface area contributed by atoms with Gasteiger partial charge in [0.05, 0.1) is 6.61 Å². The van der Waals surface area contributed by atoms with Crippen molar-refractivity contribution in [1.29, 1.82) is 0 Å². The van der Waals surface area contributed by atoms with E-state index in [1.165, 1.54) is 16.0 Å². The van der Waals surface area contributed by atoms with Crippen LogP contribution in [0.5, 0.6) is 0 Å². The summed E-state index contributed by atoms with van der Waals surface area (Å²) in [6, 6.07) is 6.40. The van der Waals surface area contributed by atoms with Crippen LogP contribution in [0.25, 0.3) is 0 Å². The van der Waals surface area contributed by atoms with Crippen LogP contribution in [0.1, 0.15) is 38.3 Å². The summed E-state index contributed by atoms with van der Waals surface area (Å²) in [5, 5.41) is 0.246. The third-order valence-electron chi connectivity index (χ3n) is 3.11. The van der Waals surface area contributed by atoms with E-state index < -0.39 is 5.54 Å². The third-order valence-corrected chi connectivity index (χ3v) is 4.39. The van der Waals surface area contributed by atoms with Gasteiger partial charge in [-0.05, 0) is 45.7 Å². The Morgan fingerprint density at radius 2 is 2.10 bits per heavy atom. The molecule has 1 aromatic carbocycles. The van der Waals surface area contributed by atoms with Crippen LogP contribution in [-0.2, 0) is 9.53 Å². The number of benzene rings is 1. The van der Waals surface area contributed by atoms with Crippen molar-refractivity contribution in [2.24, 2.45) is 5.73 Å². The molecule has 1 aromatic rings. The Labute approximate surface area is 126 Å². The fraction of sp³-hybridized carbons (Fsp3) is 0.562. The largest absolute Gasteiger partial charge is 0.465 e. The molecule has 0 saturated heterocycles. The van der Waals surface area contributed by atoms with Gasteiger partial charge in [-0.15, -0.1) is 11.8 Å². The molecule has 2 unspecified atom stereocenters. The summed E-state index contributed by atoms with van der Waals surface area (Å²) >= 11 is 1.75. The minimum atomic E-state index is -0.930. The molecule has 2 atom stereocenters. The maximum absolute atomic E-state index is 11.8. The van der Waals surface area contributed by atoms with Crippen molar-refractivity contribution in [3.8, 4) is 0 Å². The zero-order valence-corrected chi connectivity index (χ0v) is 13.8. The Bertz CT molecular complexity index is 472. The van der Waals surface area contributed by atoms with Crippen molar-refractivity contribution in [3.63, 3.8) is 0 Å². The van der Waals surface area contributed by atoms with Crippen LogP contribution >= 0.6 is 11.8 Å². The molecule has 0 aliphatic carbocycles. The lowest BCUT2D eigenvalue weighted by atomic mass is 9.98. The molecule has 20 heavy (non-hydrogen) atoms. The molecule has 112 valence electrons. The van der Waals surface area contributed by atoms with Gasteiger partial charge >= 0.3 is 5.97 Å². The van der Waals surface area contributed by atoms with Crippen LogP contribution in [0.15, 0.2) is 23.1 Å². The molecule has 0 bridgehead atoms. The lowest BCUT2D eigenvalue weighted by Crippen LogP contribution is -2.47. The van der Waals surface area contributed by atoms with Crippen LogP contribution in [-0.4, -0.2) is 23.4 Å². The molecule has 3 nitrogen and oxygen atoms in total. The summed E-state index contributed by atoms with van der Waals surface area (Å²) in [5.41, 5.74) is 7.67. The van der Waals surface area contributed by atoms with Gasteiger partial charge in [-0.2, -0.15) is 0 Å². The van der Waals surface area contributed by atoms with Gasteiger partial charge in [0.1, 0.15) is 5.54 Å². The number of carbonyl (C=O) groups is 1. The van der Waals surface area contributed by atoms with Gasteiger partial charge in [0, 0.05) is 10.1 Å². The highest BCUT2D eigenvalue weighted by atomic mass is 32.2. The molecule has 1 rings (SSSR count). The highest BCUT2D eigenvalue weighted by Gasteiger charge is 2.32. The van der Waals surface area contributed by atoms with Gasteiger partial charge in [0.15, 0.2) is 0 Å². The fourth-order valence-corrected chi connectivity index (χ4v) is 3.42. The minimum absolute atomic E-state index is 0.246. The maximum Gasteiger partial charge on any atom is 0.325 e. The lowest BCUT2D eigenvalue weighted by molar-refractivity contribution is -0.149. The van der Waals surface area contributed by atoms with Gasteiger partial charge in [-0.25, -0.2) is 0 Å². The molecule has 0 aromatic heterocycles. The van der Waals surface area contributed by atoms with Gasteiger partial charge in [0.25, 0.3) is 0 Å². The normalized spacial score (nSPS) is 15.5. The Morgan fingerprint density at radius 1 is 1.45 bits per heavy atom. The van der Waals surface area contributed by atoms with Crippen LogP contribution in [0, 0.1) is 13.8 Å². The zero-order chi connectivity index (χ0) is 15.3. The summed E-state index contributed by atoms with van der Waals surface area (Å²) in [7, 11) is 0. The molecule has 0 aliphatic rings. The maximum atomic E-state index is 11.8. The summed E-state index contributed by atoms with van der Waals surface area (Å²) in [6.07, 6.45) is 0.587. The highest BCUT2D eigenvalue weighted by Crippen LogP contribution is 2.31. The fourth-order valence-electron chi connectivity index (χ4n) is 2.17. The third kappa shape index (κ3) is 4.84. The Balaban J connectivity index is 2.67. The first-order chi connectivity index (χ1) is 9.26. The number of aryl methyl sites for hydroxylation is 2. The van der Waals surface area contributed by atoms with Gasteiger partial charge < -0.3 is 10.5 Å². The topological polar surface area (TPSA) is 52.3 Å². The summed E-state index contributed by atoms with van der Waals surface area (Å²) in [6.45, 7) is 10.2. The van der Waals surface area contributed by atoms with Crippen LogP contribution in [0.2, 0.25) is 0 Å². The zero-order valence-electron chi connectivity index (χ0n) is 13.0. The summed E-state index contributed by atoms with van der Waals surface area (Å²) in [4.78, 5) is 13.0. The smallest absolute Gasteiger partial charge is 0.325 e. The number of ether oxygens (including phenoxy) is 1. The molecule has 0 spiro atoms. The molecular formula is C16H25NO2S. The number of esters is 1. The quantitative estimate of drug-likeness (QED) is 0.645. The average Bonchev–Trinajstić information content (AvgIpc) is 2.32. The second-order valence-electron chi connectivity index (χ2n) is 5.54. The van der Waals surface area contributed by atoms with E-state index in [0.29, 0.717) is 13.0 Å². The van der Waals surface area contributed by atoms with Gasteiger partial charge in [0.2, 0.25) is 0 Å².